The second kappa shape index (κ2) is 3.71. The topological polar surface area (TPSA) is 59.3 Å². The molecule has 0 spiro atoms. The van der Waals surface area contributed by atoms with Gasteiger partial charge in [-0.3, -0.25) is 9.59 Å². The highest BCUT2D eigenvalue weighted by Crippen LogP contribution is 2.00. The molecule has 0 aromatic carbocycles. The van der Waals surface area contributed by atoms with Gasteiger partial charge >= 0.3 is 5.97 Å². The van der Waals surface area contributed by atoms with Gasteiger partial charge in [-0.15, -0.1) is 0 Å². The number of nitrogens with zero attached hydrogens (tertiary/aromatic N) is 1. The molecule has 0 amide bonds. The zero-order valence-corrected chi connectivity index (χ0v) is 6.43. The molecule has 12 heavy (non-hydrogen) atoms. The summed E-state index contributed by atoms with van der Waals surface area (Å²) in [5.41, 5.74) is 0.510. The third kappa shape index (κ3) is 1.95. The van der Waals surface area contributed by atoms with Crippen LogP contribution in [0, 0.1) is 0 Å². The Kier molecular flexibility index (Phi) is 2.63. The van der Waals surface area contributed by atoms with Gasteiger partial charge < -0.3 is 9.67 Å². The number of hydrogen-bond donors (Lipinski definition) is 1. The van der Waals surface area contributed by atoms with E-state index in [2.05, 4.69) is 0 Å². The molecule has 0 saturated carbocycles. The lowest BCUT2D eigenvalue weighted by Crippen LogP contribution is -2.05. The molecule has 0 aliphatic heterocycles. The molecule has 0 bridgehead atoms. The molecule has 0 saturated heterocycles. The van der Waals surface area contributed by atoms with Crippen molar-refractivity contribution in [1.29, 1.82) is 0 Å². The Hall–Kier alpha value is -1.58. The van der Waals surface area contributed by atoms with Gasteiger partial charge in [-0.2, -0.15) is 0 Å². The summed E-state index contributed by atoms with van der Waals surface area (Å²) in [7, 11) is 0. The number of aromatic nitrogens is 1. The highest BCUT2D eigenvalue weighted by molar-refractivity contribution is 5.72. The maximum Gasteiger partial charge on any atom is 0.305 e. The van der Waals surface area contributed by atoms with E-state index in [1.165, 1.54) is 0 Å². The van der Waals surface area contributed by atoms with Crippen molar-refractivity contribution in [3.05, 3.63) is 24.0 Å². The molecule has 4 nitrogen and oxygen atoms in total. The molecule has 1 aromatic heterocycles. The van der Waals surface area contributed by atoms with Gasteiger partial charge in [0.05, 0.1) is 12.1 Å². The van der Waals surface area contributed by atoms with Crippen LogP contribution in [0.2, 0.25) is 0 Å². The number of carbonyl (C=O) groups is 2. The minimum absolute atomic E-state index is 0.0372. The van der Waals surface area contributed by atoms with Crippen molar-refractivity contribution in [3.8, 4) is 0 Å². The third-order valence-electron chi connectivity index (χ3n) is 1.55. The Bertz CT molecular complexity index is 290. The van der Waals surface area contributed by atoms with Gasteiger partial charge in [0.2, 0.25) is 0 Å². The fourth-order valence-corrected chi connectivity index (χ4v) is 0.954. The van der Waals surface area contributed by atoms with Gasteiger partial charge in [-0.1, -0.05) is 0 Å². The van der Waals surface area contributed by atoms with Crippen molar-refractivity contribution >= 4 is 12.3 Å². The van der Waals surface area contributed by atoms with E-state index in [0.717, 1.165) is 0 Å². The molecule has 64 valence electrons. The monoisotopic (exact) mass is 167 g/mol. The molecule has 1 rings (SSSR count). The summed E-state index contributed by atoms with van der Waals surface area (Å²) in [6.07, 6.45) is 2.43. The van der Waals surface area contributed by atoms with E-state index >= 15 is 0 Å². The molecule has 1 N–H and O–H groups in total. The third-order valence-corrected chi connectivity index (χ3v) is 1.55. The quantitative estimate of drug-likeness (QED) is 0.674. The van der Waals surface area contributed by atoms with E-state index < -0.39 is 5.97 Å². The van der Waals surface area contributed by atoms with Crippen molar-refractivity contribution in [2.24, 2.45) is 0 Å². The van der Waals surface area contributed by atoms with E-state index in [9.17, 15) is 9.59 Å². The van der Waals surface area contributed by atoms with Crippen molar-refractivity contribution < 1.29 is 14.7 Å². The number of carboxylic acids is 1. The second-order valence-corrected chi connectivity index (χ2v) is 2.39. The molecular formula is C8H9NO3. The highest BCUT2D eigenvalue weighted by Gasteiger charge is 2.01. The Morgan fingerprint density at radius 3 is 3.00 bits per heavy atom. The molecular weight excluding hydrogens is 158 g/mol. The molecule has 1 heterocycles. The van der Waals surface area contributed by atoms with Crippen LogP contribution in [0.5, 0.6) is 0 Å². The fraction of sp³-hybridized carbons (Fsp3) is 0.250. The lowest BCUT2D eigenvalue weighted by atomic mass is 10.4. The summed E-state index contributed by atoms with van der Waals surface area (Å²) in [6, 6.07) is 3.36. The summed E-state index contributed by atoms with van der Waals surface area (Å²) in [5.74, 6) is -0.861. The summed E-state index contributed by atoms with van der Waals surface area (Å²) in [4.78, 5) is 20.6. The second-order valence-electron chi connectivity index (χ2n) is 2.39. The molecule has 4 heteroatoms. The van der Waals surface area contributed by atoms with Crippen LogP contribution in [0.4, 0.5) is 0 Å². The minimum Gasteiger partial charge on any atom is -0.481 e. The number of aryl methyl sites for hydroxylation is 1. The normalized spacial score (nSPS) is 9.67. The van der Waals surface area contributed by atoms with Crippen LogP contribution in [-0.2, 0) is 11.3 Å². The number of aliphatic carboxylic acids is 1. The van der Waals surface area contributed by atoms with Crippen LogP contribution < -0.4 is 0 Å². The molecule has 0 atom stereocenters. The highest BCUT2D eigenvalue weighted by atomic mass is 16.4. The Morgan fingerprint density at radius 2 is 2.42 bits per heavy atom. The van der Waals surface area contributed by atoms with Gasteiger partial charge in [-0.05, 0) is 12.1 Å². The Balaban J connectivity index is 2.62. The van der Waals surface area contributed by atoms with E-state index in [1.54, 1.807) is 22.9 Å². The molecule has 0 radical (unpaired) electrons. The lowest BCUT2D eigenvalue weighted by Gasteiger charge is -2.01. The fourth-order valence-electron chi connectivity index (χ4n) is 0.954. The van der Waals surface area contributed by atoms with Crippen molar-refractivity contribution in [1.82, 2.24) is 4.57 Å². The largest absolute Gasteiger partial charge is 0.481 e. The summed E-state index contributed by atoms with van der Waals surface area (Å²) >= 11 is 0. The molecule has 0 aliphatic rings. The van der Waals surface area contributed by atoms with E-state index in [4.69, 9.17) is 5.11 Å². The predicted molar refractivity (Wildman–Crippen MR) is 42.1 cm³/mol. The van der Waals surface area contributed by atoms with Crippen LogP contribution in [0.3, 0.4) is 0 Å². The van der Waals surface area contributed by atoms with Crippen molar-refractivity contribution in [3.63, 3.8) is 0 Å². The van der Waals surface area contributed by atoms with E-state index in [-0.39, 0.29) is 6.42 Å². The summed E-state index contributed by atoms with van der Waals surface area (Å²) < 4.78 is 1.61. The first-order valence-electron chi connectivity index (χ1n) is 3.56. The Labute approximate surface area is 69.4 Å². The number of hydrogen-bond acceptors (Lipinski definition) is 2. The van der Waals surface area contributed by atoms with E-state index in [0.29, 0.717) is 18.5 Å². The first-order valence-corrected chi connectivity index (χ1v) is 3.56. The first kappa shape index (κ1) is 8.52. The van der Waals surface area contributed by atoms with Crippen molar-refractivity contribution in [2.45, 2.75) is 13.0 Å². The molecule has 0 unspecified atom stereocenters. The van der Waals surface area contributed by atoms with Crippen LogP contribution in [0.25, 0.3) is 0 Å². The minimum atomic E-state index is -0.861. The summed E-state index contributed by atoms with van der Waals surface area (Å²) in [5, 5.41) is 8.37. The maximum atomic E-state index is 10.4. The van der Waals surface area contributed by atoms with Crippen molar-refractivity contribution in [2.75, 3.05) is 0 Å². The van der Waals surface area contributed by atoms with Gasteiger partial charge in [0.25, 0.3) is 0 Å². The van der Waals surface area contributed by atoms with Crippen LogP contribution in [-0.4, -0.2) is 21.9 Å². The average molecular weight is 167 g/mol. The van der Waals surface area contributed by atoms with Crippen LogP contribution in [0.15, 0.2) is 18.3 Å². The standard InChI is InChI=1S/C8H9NO3/c10-6-7-2-1-4-9(7)5-3-8(11)12/h1-2,4,6H,3,5H2,(H,11,12). The molecule has 0 fully saturated rings. The number of aldehydes is 1. The number of carbonyl (C=O) groups excluding carboxylic acids is 1. The average Bonchev–Trinajstić information content (AvgIpc) is 2.47. The lowest BCUT2D eigenvalue weighted by molar-refractivity contribution is -0.137. The smallest absolute Gasteiger partial charge is 0.305 e. The zero-order valence-electron chi connectivity index (χ0n) is 6.43. The van der Waals surface area contributed by atoms with Gasteiger partial charge in [0, 0.05) is 12.7 Å². The molecule has 1 aromatic rings. The summed E-state index contributed by atoms with van der Waals surface area (Å²) in [6.45, 7) is 0.344. The van der Waals surface area contributed by atoms with Gasteiger partial charge in [0.1, 0.15) is 0 Å². The van der Waals surface area contributed by atoms with Crippen LogP contribution >= 0.6 is 0 Å². The molecule has 0 aliphatic carbocycles. The first-order chi connectivity index (χ1) is 5.74. The Morgan fingerprint density at radius 1 is 1.67 bits per heavy atom. The number of rotatable bonds is 4. The maximum absolute atomic E-state index is 10.4. The van der Waals surface area contributed by atoms with E-state index in [1.807, 2.05) is 0 Å². The SMILES string of the molecule is O=Cc1cccn1CCC(=O)O. The van der Waals surface area contributed by atoms with Gasteiger partial charge in [0.15, 0.2) is 6.29 Å². The zero-order chi connectivity index (χ0) is 8.97. The predicted octanol–water partition coefficient (Wildman–Crippen LogP) is 0.775. The van der Waals surface area contributed by atoms with Gasteiger partial charge in [-0.25, -0.2) is 0 Å². The number of carboxylic acid groups (broad SMARTS) is 1. The van der Waals surface area contributed by atoms with Crippen LogP contribution in [0.1, 0.15) is 16.9 Å².